The lowest BCUT2D eigenvalue weighted by molar-refractivity contribution is -0.164. The molecule has 0 radical (unpaired) electrons. The highest BCUT2D eigenvalue weighted by Gasteiger charge is 2.64. The van der Waals surface area contributed by atoms with Gasteiger partial charge in [0.15, 0.2) is 0 Å². The molecule has 2 aliphatic heterocycles. The smallest absolute Gasteiger partial charge is 0.330 e. The Labute approximate surface area is 185 Å². The highest BCUT2D eigenvalue weighted by atomic mass is 32.2. The maximum Gasteiger partial charge on any atom is 0.330 e. The molecule has 1 unspecified atom stereocenters. The van der Waals surface area contributed by atoms with Crippen molar-refractivity contribution in [3.63, 3.8) is 0 Å². The van der Waals surface area contributed by atoms with Crippen molar-refractivity contribution in [2.45, 2.75) is 42.7 Å². The number of amides is 2. The highest BCUT2D eigenvalue weighted by molar-refractivity contribution is 8.01. The fourth-order valence-electron chi connectivity index (χ4n) is 4.03. The lowest BCUT2D eigenvalue weighted by atomic mass is 9.95. The predicted octanol–water partition coefficient (Wildman–Crippen LogP) is 3.23. The Kier molecular flexibility index (Phi) is 5.62. The Morgan fingerprint density at radius 3 is 2.55 bits per heavy atom. The molecule has 3 atom stereocenters. The van der Waals surface area contributed by atoms with Gasteiger partial charge in [-0.3, -0.25) is 9.59 Å². The van der Waals surface area contributed by atoms with Gasteiger partial charge in [-0.2, -0.15) is 0 Å². The second kappa shape index (κ2) is 8.23. The van der Waals surface area contributed by atoms with Crippen molar-refractivity contribution in [1.82, 2.24) is 10.2 Å². The Hall–Kier alpha value is -3.06. The number of esters is 1. The molecule has 7 heteroatoms. The number of ether oxygens (including phenoxy) is 1. The summed E-state index contributed by atoms with van der Waals surface area (Å²) in [5, 5.41) is 2.51. The summed E-state index contributed by atoms with van der Waals surface area (Å²) in [7, 11) is 0. The number of hydrogen-bond acceptors (Lipinski definition) is 5. The molecule has 0 bridgehead atoms. The van der Waals surface area contributed by atoms with E-state index in [9.17, 15) is 14.4 Å². The number of benzene rings is 2. The number of thioether (sulfide) groups is 1. The van der Waals surface area contributed by atoms with E-state index in [1.54, 1.807) is 35.2 Å². The van der Waals surface area contributed by atoms with E-state index in [1.165, 1.54) is 11.8 Å². The monoisotopic (exact) mass is 436 g/mol. The molecule has 0 aromatic heterocycles. The van der Waals surface area contributed by atoms with Gasteiger partial charge in [-0.25, -0.2) is 4.79 Å². The molecule has 160 valence electrons. The van der Waals surface area contributed by atoms with Crippen molar-refractivity contribution in [1.29, 1.82) is 0 Å². The number of carbonyl (C=O) groups excluding carboxylic acids is 3. The highest BCUT2D eigenvalue weighted by Crippen LogP contribution is 2.51. The van der Waals surface area contributed by atoms with Crippen molar-refractivity contribution in [2.75, 3.05) is 0 Å². The van der Waals surface area contributed by atoms with Crippen LogP contribution in [0.25, 0.3) is 6.08 Å². The zero-order chi connectivity index (χ0) is 22.2. The van der Waals surface area contributed by atoms with Gasteiger partial charge in [0.2, 0.25) is 5.91 Å². The van der Waals surface area contributed by atoms with Crippen molar-refractivity contribution >= 4 is 35.6 Å². The van der Waals surface area contributed by atoms with Crippen LogP contribution >= 0.6 is 11.8 Å². The van der Waals surface area contributed by atoms with Crippen LogP contribution in [0.5, 0.6) is 0 Å². The van der Waals surface area contributed by atoms with Gasteiger partial charge in [0.05, 0.1) is 0 Å². The summed E-state index contributed by atoms with van der Waals surface area (Å²) >= 11 is 1.51. The van der Waals surface area contributed by atoms with Crippen LogP contribution in [0, 0.1) is 0 Å². The number of β-lactam (4-membered cyclic amide) rings is 1. The van der Waals surface area contributed by atoms with E-state index in [-0.39, 0.29) is 23.8 Å². The van der Waals surface area contributed by atoms with Gasteiger partial charge in [0.25, 0.3) is 5.91 Å². The molecule has 6 nitrogen and oxygen atoms in total. The summed E-state index contributed by atoms with van der Waals surface area (Å²) in [5.74, 6) is -1.01. The molecule has 2 aromatic rings. The molecular weight excluding hydrogens is 412 g/mol. The van der Waals surface area contributed by atoms with Crippen LogP contribution in [0.3, 0.4) is 0 Å². The Morgan fingerprint density at radius 2 is 1.84 bits per heavy atom. The molecule has 2 heterocycles. The second-order valence-corrected chi connectivity index (χ2v) is 9.86. The maximum atomic E-state index is 13.0. The Bertz CT molecular complexity index is 1040. The molecule has 0 aliphatic carbocycles. The topological polar surface area (TPSA) is 75.7 Å². The summed E-state index contributed by atoms with van der Waals surface area (Å²) < 4.78 is 5.06. The molecule has 2 saturated heterocycles. The van der Waals surface area contributed by atoms with Crippen molar-refractivity contribution < 1.29 is 19.1 Å². The first-order valence-electron chi connectivity index (χ1n) is 10.1. The van der Waals surface area contributed by atoms with Crippen LogP contribution in [0.15, 0.2) is 61.2 Å². The van der Waals surface area contributed by atoms with E-state index in [1.807, 2.05) is 44.2 Å². The summed E-state index contributed by atoms with van der Waals surface area (Å²) in [4.78, 5) is 39.9. The third kappa shape index (κ3) is 3.85. The molecule has 2 aromatic carbocycles. The average molecular weight is 437 g/mol. The van der Waals surface area contributed by atoms with Gasteiger partial charge in [-0.1, -0.05) is 55.1 Å². The largest absolute Gasteiger partial charge is 0.459 e. The number of fused-ring (bicyclic) bond motifs is 1. The third-order valence-electron chi connectivity index (χ3n) is 5.63. The summed E-state index contributed by atoms with van der Waals surface area (Å²) in [6.45, 7) is 7.73. The second-order valence-electron chi connectivity index (χ2n) is 8.09. The summed E-state index contributed by atoms with van der Waals surface area (Å²) in [6, 6.07) is 14.9. The van der Waals surface area contributed by atoms with E-state index in [0.29, 0.717) is 5.56 Å². The first-order valence-corrected chi connectivity index (χ1v) is 10.9. The van der Waals surface area contributed by atoms with E-state index in [2.05, 4.69) is 11.9 Å². The first-order chi connectivity index (χ1) is 14.8. The molecule has 31 heavy (non-hydrogen) atoms. The van der Waals surface area contributed by atoms with Gasteiger partial charge < -0.3 is 15.0 Å². The normalized spacial score (nSPS) is 23.5. The van der Waals surface area contributed by atoms with Crippen LogP contribution in [0.1, 0.15) is 35.3 Å². The standard InChI is InChI=1S/C24H24N2O4S/c1-4-15-10-8-9-13-17(15)14-30-23(29)19-24(2,3)31-22-18(21(28)26(19)22)25-20(27)16-11-6-5-7-12-16/h4-13,18-19,22H,1,14H2,2-3H3,(H,25,27)/t18?,19-,22+/m0/s1. The molecule has 0 saturated carbocycles. The van der Waals surface area contributed by atoms with E-state index in [0.717, 1.165) is 11.1 Å². The van der Waals surface area contributed by atoms with Gasteiger partial charge >= 0.3 is 5.97 Å². The number of nitrogens with zero attached hydrogens (tertiary/aromatic N) is 1. The Morgan fingerprint density at radius 1 is 1.16 bits per heavy atom. The zero-order valence-corrected chi connectivity index (χ0v) is 18.2. The summed E-state index contributed by atoms with van der Waals surface area (Å²) in [5.41, 5.74) is 2.25. The minimum Gasteiger partial charge on any atom is -0.459 e. The molecule has 2 fully saturated rings. The number of rotatable bonds is 6. The summed E-state index contributed by atoms with van der Waals surface area (Å²) in [6.07, 6.45) is 1.72. The number of hydrogen-bond donors (Lipinski definition) is 1. The van der Waals surface area contributed by atoms with Crippen molar-refractivity contribution in [3.8, 4) is 0 Å². The third-order valence-corrected chi connectivity index (χ3v) is 7.20. The van der Waals surface area contributed by atoms with Crippen LogP contribution in [0.4, 0.5) is 0 Å². The van der Waals surface area contributed by atoms with Gasteiger partial charge in [0, 0.05) is 10.3 Å². The van der Waals surface area contributed by atoms with Crippen LogP contribution < -0.4 is 5.32 Å². The fraction of sp³-hybridized carbons (Fsp3) is 0.292. The SMILES string of the molecule is C=Cc1ccccc1COC(=O)[C@@H]1N2C(=O)C(NC(=O)c3ccccc3)[C@H]2SC1(C)C. The Balaban J connectivity index is 1.44. The van der Waals surface area contributed by atoms with Crippen LogP contribution in [-0.2, 0) is 20.9 Å². The van der Waals surface area contributed by atoms with Gasteiger partial charge in [-0.05, 0) is 37.1 Å². The number of nitrogens with one attached hydrogen (secondary N) is 1. The lowest BCUT2D eigenvalue weighted by Gasteiger charge is -2.43. The van der Waals surface area contributed by atoms with Gasteiger partial charge in [0.1, 0.15) is 24.1 Å². The molecule has 1 N–H and O–H groups in total. The lowest BCUT2D eigenvalue weighted by Crippen LogP contribution is -2.70. The zero-order valence-electron chi connectivity index (χ0n) is 17.4. The van der Waals surface area contributed by atoms with Crippen LogP contribution in [0.2, 0.25) is 0 Å². The van der Waals surface area contributed by atoms with Crippen LogP contribution in [-0.4, -0.2) is 44.9 Å². The molecule has 0 spiro atoms. The predicted molar refractivity (Wildman–Crippen MR) is 120 cm³/mol. The molecule has 4 rings (SSSR count). The van der Waals surface area contributed by atoms with E-state index < -0.39 is 22.8 Å². The quantitative estimate of drug-likeness (QED) is 0.556. The average Bonchev–Trinajstić information content (AvgIpc) is 3.04. The molecule has 2 aliphatic rings. The maximum absolute atomic E-state index is 13.0. The van der Waals surface area contributed by atoms with Crippen molar-refractivity contribution in [3.05, 3.63) is 77.9 Å². The minimum atomic E-state index is -0.712. The van der Waals surface area contributed by atoms with Crippen molar-refractivity contribution in [2.24, 2.45) is 0 Å². The van der Waals surface area contributed by atoms with E-state index in [4.69, 9.17) is 4.74 Å². The fourth-order valence-corrected chi connectivity index (χ4v) is 5.65. The number of carbonyl (C=O) groups is 3. The molecular formula is C24H24N2O4S. The first kappa shape index (κ1) is 21.2. The van der Waals surface area contributed by atoms with Gasteiger partial charge in [-0.15, -0.1) is 11.8 Å². The minimum absolute atomic E-state index is 0.110. The van der Waals surface area contributed by atoms with E-state index >= 15 is 0 Å². The molecule has 2 amide bonds.